The minimum absolute atomic E-state index is 0.125. The molecule has 0 heterocycles. The van der Waals surface area contributed by atoms with Crippen molar-refractivity contribution in [1.82, 2.24) is 4.90 Å². The number of hydrogen-bond acceptors (Lipinski definition) is 2. The molecule has 2 nitrogen and oxygen atoms in total. The van der Waals surface area contributed by atoms with Crippen LogP contribution >= 0.6 is 0 Å². The van der Waals surface area contributed by atoms with Gasteiger partial charge in [0.25, 0.3) is 0 Å². The van der Waals surface area contributed by atoms with Crippen LogP contribution in [0, 0.1) is 23.1 Å². The largest absolute Gasteiger partial charge is 0.302 e. The molecule has 92 valence electrons. The molecule has 17 heavy (non-hydrogen) atoms. The van der Waals surface area contributed by atoms with E-state index < -0.39 is 5.82 Å². The summed E-state index contributed by atoms with van der Waals surface area (Å²) in [6, 6.07) is 6.60. The minimum atomic E-state index is -0.443. The maximum atomic E-state index is 13.1. The van der Waals surface area contributed by atoms with Gasteiger partial charge in [-0.15, -0.1) is 0 Å². The third kappa shape index (κ3) is 4.54. The van der Waals surface area contributed by atoms with Gasteiger partial charge in [-0.2, -0.15) is 5.26 Å². The van der Waals surface area contributed by atoms with Crippen molar-refractivity contribution >= 4 is 0 Å². The summed E-state index contributed by atoms with van der Waals surface area (Å²) >= 11 is 0. The quantitative estimate of drug-likeness (QED) is 0.782. The Kier molecular flexibility index (Phi) is 5.11. The van der Waals surface area contributed by atoms with Crippen molar-refractivity contribution in [1.29, 1.82) is 5.26 Å². The molecule has 0 spiro atoms. The lowest BCUT2D eigenvalue weighted by Gasteiger charge is -2.18. The van der Waals surface area contributed by atoms with Crippen LogP contribution in [0.3, 0.4) is 0 Å². The van der Waals surface area contributed by atoms with Gasteiger partial charge in [0, 0.05) is 6.54 Å². The molecule has 0 saturated carbocycles. The van der Waals surface area contributed by atoms with Gasteiger partial charge in [-0.1, -0.05) is 19.9 Å². The molecule has 0 N–H and O–H groups in total. The molecule has 1 aromatic rings. The van der Waals surface area contributed by atoms with Crippen LogP contribution < -0.4 is 0 Å². The predicted molar refractivity (Wildman–Crippen MR) is 66.9 cm³/mol. The Morgan fingerprint density at radius 3 is 2.71 bits per heavy atom. The Hall–Kier alpha value is -1.40. The first kappa shape index (κ1) is 13.7. The third-order valence-corrected chi connectivity index (χ3v) is 2.69. The van der Waals surface area contributed by atoms with Crippen molar-refractivity contribution in [2.45, 2.75) is 26.8 Å². The molecule has 1 aromatic carbocycles. The average molecular weight is 234 g/mol. The standard InChI is InChI=1S/C14H19FN2/c1-11(2)6-7-17(3)10-12-4-5-14(15)13(8-12)9-16/h4-5,8,11H,6-7,10H2,1-3H3. The topological polar surface area (TPSA) is 27.0 Å². The molecule has 0 atom stereocenters. The third-order valence-electron chi connectivity index (χ3n) is 2.69. The molecule has 0 bridgehead atoms. The normalized spacial score (nSPS) is 10.9. The van der Waals surface area contributed by atoms with Gasteiger partial charge in [0.15, 0.2) is 0 Å². The molecule has 1 rings (SSSR count). The first-order chi connectivity index (χ1) is 8.02. The second-order valence-electron chi connectivity index (χ2n) is 4.85. The molecule has 3 heteroatoms. The van der Waals surface area contributed by atoms with Crippen LogP contribution in [0.1, 0.15) is 31.4 Å². The molecule has 0 aliphatic carbocycles. The van der Waals surface area contributed by atoms with Crippen molar-refractivity contribution in [3.63, 3.8) is 0 Å². The van der Waals surface area contributed by atoms with E-state index in [-0.39, 0.29) is 5.56 Å². The van der Waals surface area contributed by atoms with Gasteiger partial charge in [-0.25, -0.2) is 4.39 Å². The monoisotopic (exact) mass is 234 g/mol. The predicted octanol–water partition coefficient (Wildman–Crippen LogP) is 3.18. The fraction of sp³-hybridized carbons (Fsp3) is 0.500. The zero-order chi connectivity index (χ0) is 12.8. The molecule has 0 fully saturated rings. The summed E-state index contributed by atoms with van der Waals surface area (Å²) in [5.41, 5.74) is 1.11. The Bertz CT molecular complexity index is 407. The molecule has 0 amide bonds. The zero-order valence-electron chi connectivity index (χ0n) is 10.7. The van der Waals surface area contributed by atoms with Gasteiger partial charge in [-0.3, -0.25) is 0 Å². The lowest BCUT2D eigenvalue weighted by molar-refractivity contribution is 0.303. The number of nitrogens with zero attached hydrogens (tertiary/aromatic N) is 2. The van der Waals surface area contributed by atoms with E-state index in [0.29, 0.717) is 5.92 Å². The number of rotatable bonds is 5. The van der Waals surface area contributed by atoms with E-state index in [2.05, 4.69) is 18.7 Å². The van der Waals surface area contributed by atoms with Crippen molar-refractivity contribution in [3.8, 4) is 6.07 Å². The maximum Gasteiger partial charge on any atom is 0.140 e. The Balaban J connectivity index is 2.60. The number of hydrogen-bond donors (Lipinski definition) is 0. The highest BCUT2D eigenvalue weighted by Gasteiger charge is 2.05. The van der Waals surface area contributed by atoms with Crippen LogP contribution in [0.2, 0.25) is 0 Å². The van der Waals surface area contributed by atoms with Crippen LogP contribution in [-0.4, -0.2) is 18.5 Å². The zero-order valence-corrected chi connectivity index (χ0v) is 10.7. The van der Waals surface area contributed by atoms with Crippen LogP contribution in [0.4, 0.5) is 4.39 Å². The summed E-state index contributed by atoms with van der Waals surface area (Å²) in [5, 5.41) is 8.75. The van der Waals surface area contributed by atoms with Gasteiger partial charge >= 0.3 is 0 Å². The molecular weight excluding hydrogens is 215 g/mol. The molecular formula is C14H19FN2. The van der Waals surface area contributed by atoms with Crippen LogP contribution in [0.15, 0.2) is 18.2 Å². The smallest absolute Gasteiger partial charge is 0.140 e. The summed E-state index contributed by atoms with van der Waals surface area (Å²) in [7, 11) is 2.04. The lowest BCUT2D eigenvalue weighted by Crippen LogP contribution is -2.20. The Morgan fingerprint density at radius 2 is 2.12 bits per heavy atom. The van der Waals surface area contributed by atoms with Crippen LogP contribution in [0.5, 0.6) is 0 Å². The van der Waals surface area contributed by atoms with Gasteiger partial charge in [0.05, 0.1) is 5.56 Å². The summed E-state index contributed by atoms with van der Waals surface area (Å²) < 4.78 is 13.1. The number of nitriles is 1. The summed E-state index contributed by atoms with van der Waals surface area (Å²) in [4.78, 5) is 2.19. The molecule has 0 aromatic heterocycles. The highest BCUT2D eigenvalue weighted by atomic mass is 19.1. The van der Waals surface area contributed by atoms with Crippen molar-refractivity contribution in [3.05, 3.63) is 35.1 Å². The Labute approximate surface area is 103 Å². The maximum absolute atomic E-state index is 13.1. The lowest BCUT2D eigenvalue weighted by atomic mass is 10.1. The highest BCUT2D eigenvalue weighted by molar-refractivity contribution is 5.34. The molecule has 0 radical (unpaired) electrons. The van der Waals surface area contributed by atoms with E-state index in [4.69, 9.17) is 5.26 Å². The van der Waals surface area contributed by atoms with Gasteiger partial charge in [-0.05, 0) is 43.6 Å². The number of benzene rings is 1. The fourth-order valence-corrected chi connectivity index (χ4v) is 1.63. The second-order valence-corrected chi connectivity index (χ2v) is 4.85. The minimum Gasteiger partial charge on any atom is -0.302 e. The van der Waals surface area contributed by atoms with E-state index in [9.17, 15) is 4.39 Å². The van der Waals surface area contributed by atoms with Crippen LogP contribution in [0.25, 0.3) is 0 Å². The molecule has 0 unspecified atom stereocenters. The summed E-state index contributed by atoms with van der Waals surface area (Å²) in [6.07, 6.45) is 1.14. The van der Waals surface area contributed by atoms with E-state index in [1.54, 1.807) is 12.1 Å². The molecule has 0 aliphatic heterocycles. The first-order valence-corrected chi connectivity index (χ1v) is 5.90. The van der Waals surface area contributed by atoms with E-state index >= 15 is 0 Å². The molecule has 0 aliphatic rings. The van der Waals surface area contributed by atoms with E-state index in [0.717, 1.165) is 25.1 Å². The average Bonchev–Trinajstić information content (AvgIpc) is 2.29. The van der Waals surface area contributed by atoms with Gasteiger partial charge < -0.3 is 4.90 Å². The Morgan fingerprint density at radius 1 is 1.41 bits per heavy atom. The summed E-state index contributed by atoms with van der Waals surface area (Å²) in [6.45, 7) is 6.15. The van der Waals surface area contributed by atoms with Gasteiger partial charge in [0.2, 0.25) is 0 Å². The number of halogens is 1. The second kappa shape index (κ2) is 6.36. The summed E-state index contributed by atoms with van der Waals surface area (Å²) in [5.74, 6) is 0.237. The van der Waals surface area contributed by atoms with Crippen LogP contribution in [-0.2, 0) is 6.54 Å². The van der Waals surface area contributed by atoms with E-state index in [1.165, 1.54) is 6.07 Å². The fourth-order valence-electron chi connectivity index (χ4n) is 1.63. The van der Waals surface area contributed by atoms with Gasteiger partial charge in [0.1, 0.15) is 11.9 Å². The SMILES string of the molecule is CC(C)CCN(C)Cc1ccc(F)c(C#N)c1. The first-order valence-electron chi connectivity index (χ1n) is 5.90. The molecule has 0 saturated heterocycles. The van der Waals surface area contributed by atoms with Crippen molar-refractivity contribution in [2.24, 2.45) is 5.92 Å². The van der Waals surface area contributed by atoms with Crippen molar-refractivity contribution < 1.29 is 4.39 Å². The van der Waals surface area contributed by atoms with E-state index in [1.807, 2.05) is 13.1 Å². The highest BCUT2D eigenvalue weighted by Crippen LogP contribution is 2.12. The van der Waals surface area contributed by atoms with Crippen molar-refractivity contribution in [2.75, 3.05) is 13.6 Å².